The second-order valence-corrected chi connectivity index (χ2v) is 9.70. The van der Waals surface area contributed by atoms with Gasteiger partial charge in [-0.2, -0.15) is 0 Å². The minimum Gasteiger partial charge on any atom is -0.504 e. The molecule has 1 saturated heterocycles. The number of phenols is 1. The number of benzene rings is 2. The number of carbonyl (C=O) groups excluding carboxylic acids is 2. The van der Waals surface area contributed by atoms with Gasteiger partial charge >= 0.3 is 0 Å². The molecule has 3 heterocycles. The molecule has 2 aliphatic rings. The van der Waals surface area contributed by atoms with Crippen molar-refractivity contribution in [1.82, 2.24) is 15.4 Å². The van der Waals surface area contributed by atoms with Gasteiger partial charge in [0.15, 0.2) is 23.0 Å². The Kier molecular flexibility index (Phi) is 6.78. The van der Waals surface area contributed by atoms with Gasteiger partial charge in [-0.15, -0.1) is 0 Å². The Morgan fingerprint density at radius 1 is 1.16 bits per heavy atom. The predicted octanol–water partition coefficient (Wildman–Crippen LogP) is 3.79. The fraction of sp³-hybridized carbons (Fsp3) is 0.393. The monoisotopic (exact) mass is 505 g/mol. The number of ether oxygens (including phenoxy) is 2. The van der Waals surface area contributed by atoms with Crippen LogP contribution in [0.2, 0.25) is 0 Å². The van der Waals surface area contributed by atoms with Crippen LogP contribution in [0.1, 0.15) is 46.9 Å². The first-order valence-electron chi connectivity index (χ1n) is 12.5. The first-order chi connectivity index (χ1) is 17.8. The Balaban J connectivity index is 1.43. The summed E-state index contributed by atoms with van der Waals surface area (Å²) < 4.78 is 16.8. The molecule has 37 heavy (non-hydrogen) atoms. The van der Waals surface area contributed by atoms with E-state index in [4.69, 9.17) is 14.0 Å². The summed E-state index contributed by atoms with van der Waals surface area (Å²) in [6.07, 6.45) is 1.67. The second-order valence-electron chi connectivity index (χ2n) is 9.70. The van der Waals surface area contributed by atoms with E-state index in [0.717, 1.165) is 28.1 Å². The lowest BCUT2D eigenvalue weighted by molar-refractivity contribution is -0.130. The summed E-state index contributed by atoms with van der Waals surface area (Å²) in [6.45, 7) is 4.62. The number of rotatable bonds is 4. The smallest absolute Gasteiger partial charge is 0.222 e. The largest absolute Gasteiger partial charge is 0.504 e. The lowest BCUT2D eigenvalue weighted by Gasteiger charge is -2.21. The Bertz CT molecular complexity index is 1310. The molecule has 3 aromatic rings. The summed E-state index contributed by atoms with van der Waals surface area (Å²) in [4.78, 5) is 27.9. The summed E-state index contributed by atoms with van der Waals surface area (Å²) in [7, 11) is 1.56. The number of methoxy groups -OCH3 is 1. The molecule has 0 saturated carbocycles. The number of fused-ring (bicyclic) bond motifs is 6. The van der Waals surface area contributed by atoms with E-state index in [-0.39, 0.29) is 35.9 Å². The second kappa shape index (κ2) is 10.2. The van der Waals surface area contributed by atoms with Gasteiger partial charge in [-0.05, 0) is 62.1 Å². The molecule has 2 aliphatic heterocycles. The number of amides is 2. The minimum atomic E-state index is -0.242. The molecule has 2 atom stereocenters. The molecule has 1 fully saturated rings. The Morgan fingerprint density at radius 3 is 2.76 bits per heavy atom. The van der Waals surface area contributed by atoms with Crippen molar-refractivity contribution in [3.05, 3.63) is 64.5 Å². The fourth-order valence-corrected chi connectivity index (χ4v) is 5.20. The topological polar surface area (TPSA) is 114 Å². The summed E-state index contributed by atoms with van der Waals surface area (Å²) in [5.74, 6) is 1.83. The highest BCUT2D eigenvalue weighted by Crippen LogP contribution is 2.40. The number of nitrogens with one attached hydrogen (secondary N) is 1. The van der Waals surface area contributed by atoms with Crippen LogP contribution in [0.15, 0.2) is 40.9 Å². The van der Waals surface area contributed by atoms with E-state index < -0.39 is 0 Å². The highest BCUT2D eigenvalue weighted by atomic mass is 16.5. The lowest BCUT2D eigenvalue weighted by Crippen LogP contribution is -2.40. The lowest BCUT2D eigenvalue weighted by atomic mass is 9.93. The minimum absolute atomic E-state index is 0.00402. The van der Waals surface area contributed by atoms with Gasteiger partial charge in [-0.25, -0.2) is 0 Å². The standard InChI is InChI=1S/C28H31N3O6/c1-16-20(17(2)37-30-16)7-11-28(34)31-14-21-19-6-9-24(35-3)26(13-19)36-25-12-18(4-8-23(25)32)5-10-27(33)29-22(21)15-31/h4,6,8-9,12-13,21-22,32H,5,7,10-11,14-15H2,1-3H3,(H,29,33)/t21-,22+/m0/s1. The number of aromatic hydroxyl groups is 1. The first kappa shape index (κ1) is 24.7. The van der Waals surface area contributed by atoms with Crippen LogP contribution in [-0.4, -0.2) is 53.2 Å². The SMILES string of the molecule is COc1ccc2cc1Oc1cc(ccc1O)CCC(=O)N[C@@H]1CN(C(=O)CCc3c(C)noc3C)C[C@@H]21. The van der Waals surface area contributed by atoms with Crippen LogP contribution in [0.4, 0.5) is 0 Å². The maximum Gasteiger partial charge on any atom is 0.222 e. The van der Waals surface area contributed by atoms with Crippen LogP contribution < -0.4 is 14.8 Å². The molecule has 2 amide bonds. The highest BCUT2D eigenvalue weighted by molar-refractivity contribution is 5.79. The molecule has 2 N–H and O–H groups in total. The number of aryl methyl sites for hydroxylation is 3. The van der Waals surface area contributed by atoms with Crippen LogP contribution in [-0.2, 0) is 22.4 Å². The van der Waals surface area contributed by atoms with Crippen molar-refractivity contribution < 1.29 is 28.7 Å². The fourth-order valence-electron chi connectivity index (χ4n) is 5.20. The van der Waals surface area contributed by atoms with Crippen LogP contribution in [0.3, 0.4) is 0 Å². The summed E-state index contributed by atoms with van der Waals surface area (Å²) in [5, 5.41) is 17.5. The molecule has 0 spiro atoms. The first-order valence-corrected chi connectivity index (χ1v) is 12.5. The van der Waals surface area contributed by atoms with E-state index in [2.05, 4.69) is 10.5 Å². The van der Waals surface area contributed by atoms with E-state index in [1.54, 1.807) is 25.3 Å². The van der Waals surface area contributed by atoms with Crippen LogP contribution in [0.5, 0.6) is 23.0 Å². The Morgan fingerprint density at radius 2 is 2.00 bits per heavy atom. The maximum absolute atomic E-state index is 13.2. The van der Waals surface area contributed by atoms with Gasteiger partial charge in [-0.3, -0.25) is 9.59 Å². The maximum atomic E-state index is 13.2. The van der Waals surface area contributed by atoms with Crippen LogP contribution >= 0.6 is 0 Å². The molecule has 1 aromatic heterocycles. The van der Waals surface area contributed by atoms with E-state index in [0.29, 0.717) is 49.6 Å². The number of carbonyl (C=O) groups is 2. The predicted molar refractivity (Wildman–Crippen MR) is 135 cm³/mol. The molecular formula is C28H31N3O6. The van der Waals surface area contributed by atoms with Crippen molar-refractivity contribution in [2.24, 2.45) is 0 Å². The molecule has 9 heteroatoms. The normalized spacial score (nSPS) is 19.1. The summed E-state index contributed by atoms with van der Waals surface area (Å²) in [5.41, 5.74) is 3.55. The number of aromatic nitrogens is 1. The Hall–Kier alpha value is -4.01. The van der Waals surface area contributed by atoms with E-state index in [9.17, 15) is 14.7 Å². The van der Waals surface area contributed by atoms with Gasteiger partial charge in [0, 0.05) is 37.4 Å². The number of likely N-dealkylation sites (tertiary alicyclic amines) is 1. The van der Waals surface area contributed by atoms with Gasteiger partial charge in [-0.1, -0.05) is 17.3 Å². The zero-order chi connectivity index (χ0) is 26.1. The third kappa shape index (κ3) is 5.12. The molecular weight excluding hydrogens is 474 g/mol. The molecule has 4 bridgehead atoms. The summed E-state index contributed by atoms with van der Waals surface area (Å²) in [6, 6.07) is 10.5. The van der Waals surface area contributed by atoms with Gasteiger partial charge in [0.05, 0.1) is 18.8 Å². The van der Waals surface area contributed by atoms with Crippen molar-refractivity contribution >= 4 is 11.8 Å². The number of hydrogen-bond donors (Lipinski definition) is 2. The summed E-state index contributed by atoms with van der Waals surface area (Å²) >= 11 is 0. The third-order valence-corrected chi connectivity index (χ3v) is 7.29. The van der Waals surface area contributed by atoms with Gasteiger partial charge in [0.2, 0.25) is 11.8 Å². The van der Waals surface area contributed by atoms with Gasteiger partial charge < -0.3 is 29.3 Å². The molecule has 0 radical (unpaired) electrons. The zero-order valence-corrected chi connectivity index (χ0v) is 21.2. The number of hydrogen-bond acceptors (Lipinski definition) is 7. The van der Waals surface area contributed by atoms with Crippen molar-refractivity contribution in [2.75, 3.05) is 20.2 Å². The van der Waals surface area contributed by atoms with E-state index in [1.165, 1.54) is 0 Å². The third-order valence-electron chi connectivity index (χ3n) is 7.29. The average molecular weight is 506 g/mol. The number of nitrogens with zero attached hydrogens (tertiary/aromatic N) is 2. The average Bonchev–Trinajstić information content (AvgIpc) is 3.45. The van der Waals surface area contributed by atoms with Crippen LogP contribution in [0.25, 0.3) is 0 Å². The number of phenolic OH excluding ortho intramolecular Hbond substituents is 1. The van der Waals surface area contributed by atoms with E-state index in [1.807, 2.05) is 36.9 Å². The van der Waals surface area contributed by atoms with E-state index >= 15 is 0 Å². The van der Waals surface area contributed by atoms with Crippen molar-refractivity contribution in [2.45, 2.75) is 51.5 Å². The molecule has 0 aliphatic carbocycles. The molecule has 5 rings (SSSR count). The molecule has 0 unspecified atom stereocenters. The highest BCUT2D eigenvalue weighted by Gasteiger charge is 2.37. The van der Waals surface area contributed by atoms with Crippen LogP contribution in [0, 0.1) is 13.8 Å². The van der Waals surface area contributed by atoms with Crippen molar-refractivity contribution in [1.29, 1.82) is 0 Å². The molecule has 194 valence electrons. The Labute approximate surface area is 215 Å². The zero-order valence-electron chi connectivity index (χ0n) is 21.2. The van der Waals surface area contributed by atoms with Gasteiger partial charge in [0.1, 0.15) is 5.76 Å². The van der Waals surface area contributed by atoms with Gasteiger partial charge in [0.25, 0.3) is 0 Å². The molecule has 2 aromatic carbocycles. The molecule has 9 nitrogen and oxygen atoms in total. The van der Waals surface area contributed by atoms with Crippen molar-refractivity contribution in [3.8, 4) is 23.0 Å². The van der Waals surface area contributed by atoms with Crippen molar-refractivity contribution in [3.63, 3.8) is 0 Å². The quantitative estimate of drug-likeness (QED) is 0.555.